The van der Waals surface area contributed by atoms with Gasteiger partial charge in [0.15, 0.2) is 0 Å². The third-order valence-corrected chi connectivity index (χ3v) is 4.91. The molecule has 2 rings (SSSR count). The molecule has 8 heteroatoms. The average Bonchev–Trinajstić information content (AvgIpc) is 3.29. The largest absolute Gasteiger partial charge is 1.00 e. The molecule has 194 valence electrons. The van der Waals surface area contributed by atoms with Gasteiger partial charge >= 0.3 is 57.5 Å². The Morgan fingerprint density at radius 2 is 1.80 bits per heavy atom. The van der Waals surface area contributed by atoms with E-state index in [2.05, 4.69) is 47.8 Å². The number of hydrogen-bond donors (Lipinski definition) is 4. The molecule has 0 aliphatic carbocycles. The van der Waals surface area contributed by atoms with Crippen LogP contribution in [0.4, 0.5) is 4.79 Å². The van der Waals surface area contributed by atoms with Gasteiger partial charge in [0.2, 0.25) is 0 Å². The molecule has 0 radical (unpaired) electrons. The molecule has 1 aromatic carbocycles. The quantitative estimate of drug-likeness (QED) is 0.224. The molecule has 1 aromatic rings. The molecule has 1 fully saturated rings. The van der Waals surface area contributed by atoms with Crippen molar-refractivity contribution >= 4 is 18.7 Å². The number of carbonyl (C=O) groups is 1. The van der Waals surface area contributed by atoms with Gasteiger partial charge in [-0.05, 0) is 18.4 Å². The first-order valence-electron chi connectivity index (χ1n) is 11.9. The van der Waals surface area contributed by atoms with Crippen LogP contribution in [0.3, 0.4) is 0 Å². The minimum Gasteiger partial charge on any atom is -0.445 e. The second-order valence-corrected chi connectivity index (χ2v) is 7.07. The number of ether oxygens (including phenoxy) is 1. The number of thiol groups is 1. The normalized spacial score (nSPS) is 14.3. The molecule has 0 bridgehead atoms. The van der Waals surface area contributed by atoms with E-state index < -0.39 is 11.3 Å². The minimum absolute atomic E-state index is 0. The van der Waals surface area contributed by atoms with Gasteiger partial charge in [0, 0.05) is 23.9 Å². The molecule has 3 unspecified atom stereocenters. The van der Waals surface area contributed by atoms with Gasteiger partial charge in [0.1, 0.15) is 11.9 Å². The van der Waals surface area contributed by atoms with E-state index in [-0.39, 0.29) is 78.0 Å². The summed E-state index contributed by atoms with van der Waals surface area (Å²) in [6.07, 6.45) is 1.19. The summed E-state index contributed by atoms with van der Waals surface area (Å²) in [4.78, 5) is 11.8. The monoisotopic (exact) mass is 530 g/mol. The third kappa shape index (κ3) is 18.9. The van der Waals surface area contributed by atoms with E-state index in [4.69, 9.17) is 4.74 Å². The Hall–Kier alpha value is -0.954. The van der Waals surface area contributed by atoms with E-state index in [0.717, 1.165) is 30.6 Å². The van der Waals surface area contributed by atoms with Crippen molar-refractivity contribution in [2.45, 2.75) is 72.3 Å². The predicted octanol–water partition coefficient (Wildman–Crippen LogP) is 3.25. The first-order valence-corrected chi connectivity index (χ1v) is 12.4. The van der Waals surface area contributed by atoms with Gasteiger partial charge in [-0.2, -0.15) is 17.9 Å². The molecular weight excluding hydrogens is 483 g/mol. The van der Waals surface area contributed by atoms with Crippen molar-refractivity contribution in [1.29, 1.82) is 5.26 Å². The van der Waals surface area contributed by atoms with Crippen molar-refractivity contribution in [1.82, 2.24) is 16.0 Å². The molecule has 0 aromatic heterocycles. The van der Waals surface area contributed by atoms with Crippen LogP contribution < -0.4 is 67.3 Å². The number of benzene rings is 1. The summed E-state index contributed by atoms with van der Waals surface area (Å²) in [5, 5.41) is 17.8. The van der Waals surface area contributed by atoms with Gasteiger partial charge in [-0.3, -0.25) is 0 Å². The number of hydrogen-bond acceptors (Lipinski definition) is 6. The van der Waals surface area contributed by atoms with Crippen molar-refractivity contribution in [2.75, 3.05) is 13.1 Å². The first-order chi connectivity index (χ1) is 16.0. The maximum absolute atomic E-state index is 11.8. The van der Waals surface area contributed by atoms with Crippen molar-refractivity contribution in [3.8, 4) is 6.07 Å². The van der Waals surface area contributed by atoms with Crippen LogP contribution in [0, 0.1) is 24.7 Å². The number of nitrogens with one attached hydrogen (secondary N) is 3. The number of alkyl carbamates (subject to hydrolysis) is 1. The smallest absolute Gasteiger partial charge is 0.445 e. The van der Waals surface area contributed by atoms with E-state index >= 15 is 0 Å². The third-order valence-electron chi connectivity index (χ3n) is 4.44. The number of carbonyl (C=O) groups excluding carboxylic acids is 1. The van der Waals surface area contributed by atoms with Crippen molar-refractivity contribution < 1.29 is 60.9 Å². The summed E-state index contributed by atoms with van der Waals surface area (Å²) in [6, 6.07) is 11.4. The molecule has 1 amide bonds. The number of nitrogens with zero attached hydrogens (tertiary/aromatic N) is 1. The van der Waals surface area contributed by atoms with Crippen LogP contribution in [0.5, 0.6) is 0 Å². The number of nitriles is 1. The molecule has 35 heavy (non-hydrogen) atoms. The summed E-state index contributed by atoms with van der Waals surface area (Å²) in [5.74, 6) is 0.294. The van der Waals surface area contributed by atoms with Gasteiger partial charge in [-0.1, -0.05) is 85.0 Å². The Morgan fingerprint density at radius 1 is 1.23 bits per heavy atom. The second kappa shape index (κ2) is 27.6. The molecule has 0 spiro atoms. The maximum atomic E-state index is 11.8. The minimum atomic E-state index is -0.519. The molecule has 1 aliphatic heterocycles. The zero-order valence-corrected chi connectivity index (χ0v) is 27.3. The Bertz CT molecular complexity index is 711. The topological polar surface area (TPSA) is 86.2 Å². The second-order valence-electron chi connectivity index (χ2n) is 6.52. The molecule has 3 N–H and O–H groups in total. The van der Waals surface area contributed by atoms with Crippen LogP contribution in [0.1, 0.15) is 59.9 Å². The van der Waals surface area contributed by atoms with Crippen LogP contribution in [0.25, 0.3) is 0 Å². The predicted molar refractivity (Wildman–Crippen MR) is 149 cm³/mol. The summed E-state index contributed by atoms with van der Waals surface area (Å²) < 4.78 is 5.17. The molecule has 3 atom stereocenters. The standard InChI is InChI=1S/C20H26N4O2S.3C2H6.CH3.K/c1-14(12-23-20(25)26-13-16-6-4-3-5-7-16)24-18(19(27)11-21)10-17-8-9-22-15(17)2;3*1-2;;/h3-7,17-19,22,24,27H,1-2,8-10,12-13H2,(H,23,25);3*1-2H3;1H3;/q;;;;-1;+1. The maximum Gasteiger partial charge on any atom is 1.00 e. The van der Waals surface area contributed by atoms with Crippen molar-refractivity contribution in [3.63, 3.8) is 0 Å². The zero-order chi connectivity index (χ0) is 25.6. The van der Waals surface area contributed by atoms with Gasteiger partial charge < -0.3 is 28.1 Å². The first kappa shape index (κ1) is 41.2. The van der Waals surface area contributed by atoms with Crippen molar-refractivity contribution in [3.05, 3.63) is 67.9 Å². The van der Waals surface area contributed by atoms with Crippen molar-refractivity contribution in [2.24, 2.45) is 5.92 Å². The van der Waals surface area contributed by atoms with E-state index in [0.29, 0.717) is 11.6 Å². The molecule has 1 aliphatic rings. The molecule has 1 heterocycles. The summed E-state index contributed by atoms with van der Waals surface area (Å²) in [5.41, 5.74) is 2.51. The van der Waals surface area contributed by atoms with E-state index in [1.165, 1.54) is 0 Å². The molecule has 1 saturated heterocycles. The average molecular weight is 531 g/mol. The van der Waals surface area contributed by atoms with E-state index in [1.807, 2.05) is 71.9 Å². The van der Waals surface area contributed by atoms with Gasteiger partial charge in [-0.25, -0.2) is 4.79 Å². The van der Waals surface area contributed by atoms with Crippen LogP contribution >= 0.6 is 12.6 Å². The number of rotatable bonds is 9. The molecule has 6 nitrogen and oxygen atoms in total. The van der Waals surface area contributed by atoms with Gasteiger partial charge in [0.05, 0.1) is 18.7 Å². The SMILES string of the molecule is C=C(CNC(=O)OCc1ccccc1)NC(CC1CCNC1=C)C(S)C#N.CC.CC.CC.[CH3-].[K+]. The fraction of sp³-hybridized carbons (Fsp3) is 0.519. The number of allylic oxidation sites excluding steroid dienone is 1. The van der Waals surface area contributed by atoms with E-state index in [9.17, 15) is 10.1 Å². The molecular formula is C27H47KN4O2S. The fourth-order valence-corrected chi connectivity index (χ4v) is 3.11. The van der Waals surface area contributed by atoms with Crippen LogP contribution in [-0.4, -0.2) is 30.5 Å². The summed E-state index contributed by atoms with van der Waals surface area (Å²) in [6.45, 7) is 21.3. The van der Waals surface area contributed by atoms with Crippen LogP contribution in [0.15, 0.2) is 54.9 Å². The number of amides is 1. The van der Waals surface area contributed by atoms with Gasteiger partial charge in [0.25, 0.3) is 0 Å². The van der Waals surface area contributed by atoms with Gasteiger partial charge in [-0.15, -0.1) is 0 Å². The van der Waals surface area contributed by atoms with E-state index in [1.54, 1.807) is 0 Å². The fourth-order valence-electron chi connectivity index (χ4n) is 2.92. The Kier molecular flexibility index (Phi) is 32.5. The summed E-state index contributed by atoms with van der Waals surface area (Å²) >= 11 is 4.36. The van der Waals surface area contributed by atoms with Crippen LogP contribution in [-0.2, 0) is 11.3 Å². The summed E-state index contributed by atoms with van der Waals surface area (Å²) in [7, 11) is 0. The Balaban J connectivity index is -0.000000557. The Labute approximate surface area is 263 Å². The molecule has 0 saturated carbocycles. The van der Waals surface area contributed by atoms with Crippen LogP contribution in [0.2, 0.25) is 0 Å². The zero-order valence-electron chi connectivity index (χ0n) is 23.3. The Morgan fingerprint density at radius 3 is 2.29 bits per heavy atom.